The molecule has 4 N–H and O–H groups in total. The minimum absolute atomic E-state index is 0.528. The molecule has 0 radical (unpaired) electrons. The van der Waals surface area contributed by atoms with Crippen molar-refractivity contribution in [1.82, 2.24) is 20.4 Å². The predicted molar refractivity (Wildman–Crippen MR) is 92.3 cm³/mol. The number of nitrogens with zero attached hydrogens (tertiary/aromatic N) is 2. The van der Waals surface area contributed by atoms with E-state index in [1.165, 1.54) is 0 Å². The third-order valence-electron chi connectivity index (χ3n) is 4.53. The molecule has 8 heteroatoms. The molecule has 0 aromatic carbocycles. The molecule has 0 amide bonds. The van der Waals surface area contributed by atoms with Gasteiger partial charge in [0.05, 0.1) is 0 Å². The lowest BCUT2D eigenvalue weighted by Gasteiger charge is -2.34. The number of carboxylic acid groups (broad SMARTS) is 2. The van der Waals surface area contributed by atoms with Crippen LogP contribution in [0.25, 0.3) is 0 Å². The van der Waals surface area contributed by atoms with Crippen LogP contribution in [0.3, 0.4) is 0 Å². The Labute approximate surface area is 144 Å². The van der Waals surface area contributed by atoms with E-state index >= 15 is 0 Å². The van der Waals surface area contributed by atoms with Crippen molar-refractivity contribution in [2.24, 2.45) is 0 Å². The van der Waals surface area contributed by atoms with Gasteiger partial charge in [0.1, 0.15) is 12.1 Å². The van der Waals surface area contributed by atoms with E-state index in [1.807, 2.05) is 23.6 Å². The zero-order valence-electron chi connectivity index (χ0n) is 14.8. The molecule has 2 atom stereocenters. The van der Waals surface area contributed by atoms with Crippen LogP contribution in [-0.2, 0) is 9.59 Å². The first-order valence-electron chi connectivity index (χ1n) is 8.86. The highest BCUT2D eigenvalue weighted by Crippen LogP contribution is 2.09. The summed E-state index contributed by atoms with van der Waals surface area (Å²) in [6, 6.07) is -1.06. The highest BCUT2D eigenvalue weighted by Gasteiger charge is 2.27. The van der Waals surface area contributed by atoms with Crippen molar-refractivity contribution in [3.8, 4) is 0 Å². The van der Waals surface area contributed by atoms with Crippen molar-refractivity contribution >= 4 is 11.9 Å². The van der Waals surface area contributed by atoms with Crippen LogP contribution in [0.5, 0.6) is 0 Å². The third-order valence-corrected chi connectivity index (χ3v) is 4.53. The van der Waals surface area contributed by atoms with Crippen LogP contribution in [-0.4, -0.2) is 96.4 Å². The molecular weight excluding hydrogens is 312 g/mol. The Bertz CT molecular complexity index is 358. The van der Waals surface area contributed by atoms with Crippen molar-refractivity contribution in [2.75, 3.05) is 52.4 Å². The van der Waals surface area contributed by atoms with Gasteiger partial charge in [-0.05, 0) is 12.8 Å². The van der Waals surface area contributed by atoms with Crippen LogP contribution >= 0.6 is 0 Å². The summed E-state index contributed by atoms with van der Waals surface area (Å²) in [5.74, 6) is -1.63. The fraction of sp³-hybridized carbons (Fsp3) is 0.875. The third kappa shape index (κ3) is 6.72. The number of carbonyl (C=O) groups is 2. The number of nitrogens with one attached hydrogen (secondary N) is 2. The predicted octanol–water partition coefficient (Wildman–Crippen LogP) is -0.490. The molecule has 0 aromatic rings. The van der Waals surface area contributed by atoms with E-state index in [1.54, 1.807) is 0 Å². The van der Waals surface area contributed by atoms with Gasteiger partial charge in [0, 0.05) is 52.4 Å². The van der Waals surface area contributed by atoms with Crippen LogP contribution in [0.15, 0.2) is 0 Å². The minimum Gasteiger partial charge on any atom is -0.480 e. The Balaban J connectivity index is 2.83. The van der Waals surface area contributed by atoms with Crippen molar-refractivity contribution < 1.29 is 19.8 Å². The van der Waals surface area contributed by atoms with Gasteiger partial charge in [0.25, 0.3) is 0 Å². The molecule has 1 rings (SSSR count). The van der Waals surface area contributed by atoms with Gasteiger partial charge in [-0.3, -0.25) is 19.4 Å². The quantitative estimate of drug-likeness (QED) is 0.512. The van der Waals surface area contributed by atoms with E-state index in [4.69, 9.17) is 0 Å². The Morgan fingerprint density at radius 1 is 0.792 bits per heavy atom. The summed E-state index contributed by atoms with van der Waals surface area (Å²) in [6.45, 7) is 9.20. The van der Waals surface area contributed by atoms with E-state index < -0.39 is 24.0 Å². The zero-order valence-corrected chi connectivity index (χ0v) is 14.8. The lowest BCUT2D eigenvalue weighted by atomic mass is 10.1. The van der Waals surface area contributed by atoms with Gasteiger partial charge in [-0.25, -0.2) is 0 Å². The molecule has 24 heavy (non-hydrogen) atoms. The molecule has 1 fully saturated rings. The largest absolute Gasteiger partial charge is 0.480 e. The Hall–Kier alpha value is -1.22. The lowest BCUT2D eigenvalue weighted by Crippen LogP contribution is -2.52. The van der Waals surface area contributed by atoms with Gasteiger partial charge < -0.3 is 20.8 Å². The standard InChI is InChI=1S/C16H32N4O4/c1-3-13(15(21)22)19-9-7-17-5-6-18-8-10-20(12-11-19)14(4-2)16(23)24/h13-14,17-18H,3-12H2,1-2H3,(H,21,22)(H,23,24). The maximum Gasteiger partial charge on any atom is 0.320 e. The molecule has 1 aliphatic heterocycles. The smallest absolute Gasteiger partial charge is 0.320 e. The van der Waals surface area contributed by atoms with Crippen molar-refractivity contribution in [2.45, 2.75) is 38.8 Å². The molecule has 140 valence electrons. The maximum atomic E-state index is 11.5. The first kappa shape index (κ1) is 20.8. The van der Waals surface area contributed by atoms with Gasteiger partial charge >= 0.3 is 11.9 Å². The molecule has 1 aliphatic rings. The van der Waals surface area contributed by atoms with Crippen molar-refractivity contribution in [3.05, 3.63) is 0 Å². The molecule has 0 aliphatic carbocycles. The fourth-order valence-electron chi connectivity index (χ4n) is 3.15. The van der Waals surface area contributed by atoms with E-state index in [0.717, 1.165) is 26.2 Å². The van der Waals surface area contributed by atoms with Gasteiger partial charge in [0.15, 0.2) is 0 Å². The van der Waals surface area contributed by atoms with Crippen LogP contribution in [0, 0.1) is 0 Å². The van der Waals surface area contributed by atoms with E-state index in [-0.39, 0.29) is 0 Å². The molecule has 1 heterocycles. The molecule has 1 saturated heterocycles. The van der Waals surface area contributed by atoms with E-state index in [2.05, 4.69) is 10.6 Å². The Kier molecular flexibility index (Phi) is 9.85. The summed E-state index contributed by atoms with van der Waals surface area (Å²) >= 11 is 0. The van der Waals surface area contributed by atoms with Gasteiger partial charge in [0.2, 0.25) is 0 Å². The summed E-state index contributed by atoms with van der Waals surface area (Å²) in [7, 11) is 0. The number of rotatable bonds is 6. The van der Waals surface area contributed by atoms with Gasteiger partial charge in [-0.1, -0.05) is 13.8 Å². The maximum absolute atomic E-state index is 11.5. The van der Waals surface area contributed by atoms with E-state index in [9.17, 15) is 19.8 Å². The number of hydrogen-bond donors (Lipinski definition) is 4. The van der Waals surface area contributed by atoms with E-state index in [0.29, 0.717) is 39.0 Å². The minimum atomic E-state index is -0.817. The molecule has 2 unspecified atom stereocenters. The fourth-order valence-corrected chi connectivity index (χ4v) is 3.15. The van der Waals surface area contributed by atoms with Gasteiger partial charge in [-0.2, -0.15) is 0 Å². The molecule has 0 saturated carbocycles. The van der Waals surface area contributed by atoms with Crippen LogP contribution in [0.4, 0.5) is 0 Å². The summed E-state index contributed by atoms with van der Waals surface area (Å²) in [6.07, 6.45) is 1.07. The molecule has 0 bridgehead atoms. The van der Waals surface area contributed by atoms with Crippen molar-refractivity contribution in [3.63, 3.8) is 0 Å². The highest BCUT2D eigenvalue weighted by atomic mass is 16.4. The van der Waals surface area contributed by atoms with Crippen LogP contribution in [0.1, 0.15) is 26.7 Å². The zero-order chi connectivity index (χ0) is 17.9. The highest BCUT2D eigenvalue weighted by molar-refractivity contribution is 5.73. The molecule has 0 spiro atoms. The monoisotopic (exact) mass is 344 g/mol. The number of carboxylic acids is 2. The lowest BCUT2D eigenvalue weighted by molar-refractivity contribution is -0.145. The first-order valence-corrected chi connectivity index (χ1v) is 8.86. The normalized spacial score (nSPS) is 22.1. The first-order chi connectivity index (χ1) is 11.5. The summed E-state index contributed by atoms with van der Waals surface area (Å²) in [5, 5.41) is 25.5. The van der Waals surface area contributed by atoms with Crippen LogP contribution < -0.4 is 10.6 Å². The second-order valence-corrected chi connectivity index (χ2v) is 6.10. The summed E-state index contributed by atoms with van der Waals surface area (Å²) < 4.78 is 0. The molecule has 8 nitrogen and oxygen atoms in total. The second kappa shape index (κ2) is 11.4. The topological polar surface area (TPSA) is 105 Å². The van der Waals surface area contributed by atoms with Gasteiger partial charge in [-0.15, -0.1) is 0 Å². The Morgan fingerprint density at radius 2 is 1.17 bits per heavy atom. The average Bonchev–Trinajstić information content (AvgIpc) is 2.52. The summed E-state index contributed by atoms with van der Waals surface area (Å²) in [4.78, 5) is 26.9. The second-order valence-electron chi connectivity index (χ2n) is 6.10. The molecule has 0 aromatic heterocycles. The average molecular weight is 344 g/mol. The SMILES string of the molecule is CCC(C(=O)O)N1CCNCCNCCN(C(CC)C(=O)O)CC1. The molecular formula is C16H32N4O4. The summed E-state index contributed by atoms with van der Waals surface area (Å²) in [5.41, 5.74) is 0. The number of hydrogen-bond acceptors (Lipinski definition) is 6. The Morgan fingerprint density at radius 3 is 1.46 bits per heavy atom. The van der Waals surface area contributed by atoms with Crippen molar-refractivity contribution in [1.29, 1.82) is 0 Å². The van der Waals surface area contributed by atoms with Crippen LogP contribution in [0.2, 0.25) is 0 Å². The number of aliphatic carboxylic acids is 2.